The zero-order valence-electron chi connectivity index (χ0n) is 7.63. The Bertz CT molecular complexity index is 484. The summed E-state index contributed by atoms with van der Waals surface area (Å²) < 4.78 is 1.06. The van der Waals surface area contributed by atoms with E-state index in [0.717, 1.165) is 15.2 Å². The average Bonchev–Trinajstić information content (AvgIpc) is 2.56. The van der Waals surface area contributed by atoms with Gasteiger partial charge >= 0.3 is 0 Å². The molecule has 0 saturated carbocycles. The molecule has 0 bridgehead atoms. The van der Waals surface area contributed by atoms with Gasteiger partial charge in [0.25, 0.3) is 0 Å². The maximum absolute atomic E-state index is 5.82. The van der Waals surface area contributed by atoms with Crippen LogP contribution in [0.4, 0.5) is 16.4 Å². The molecule has 0 spiro atoms. The van der Waals surface area contributed by atoms with Crippen LogP contribution in [0.15, 0.2) is 34.1 Å². The Morgan fingerprint density at radius 3 is 2.73 bits per heavy atom. The van der Waals surface area contributed by atoms with Crippen molar-refractivity contribution in [3.63, 3.8) is 0 Å². The minimum Gasteiger partial charge on any atom is -0.397 e. The van der Waals surface area contributed by atoms with E-state index in [2.05, 4.69) is 21.2 Å². The molecule has 0 aliphatic heterocycles. The Hall–Kier alpha value is -0.710. The summed E-state index contributed by atoms with van der Waals surface area (Å²) in [5.41, 5.74) is 7.34. The van der Waals surface area contributed by atoms with Crippen molar-refractivity contribution in [2.45, 2.75) is 0 Å². The molecule has 0 amide bonds. The van der Waals surface area contributed by atoms with Crippen molar-refractivity contribution >= 4 is 55.2 Å². The van der Waals surface area contributed by atoms with Crippen molar-refractivity contribution in [2.24, 2.45) is 0 Å². The molecule has 15 heavy (non-hydrogen) atoms. The van der Waals surface area contributed by atoms with Crippen LogP contribution >= 0.6 is 38.9 Å². The van der Waals surface area contributed by atoms with Gasteiger partial charge in [0.1, 0.15) is 0 Å². The Morgan fingerprint density at radius 2 is 2.13 bits per heavy atom. The van der Waals surface area contributed by atoms with Crippen LogP contribution in [0, 0.1) is 0 Å². The Morgan fingerprint density at radius 1 is 1.33 bits per heavy atom. The summed E-state index contributed by atoms with van der Waals surface area (Å²) in [6, 6.07) is 7.40. The summed E-state index contributed by atoms with van der Waals surface area (Å²) in [7, 11) is 0. The molecule has 0 atom stereocenters. The van der Waals surface area contributed by atoms with Crippen molar-refractivity contribution in [3.05, 3.63) is 39.1 Å². The third-order valence-electron chi connectivity index (χ3n) is 1.84. The molecule has 0 aliphatic carbocycles. The lowest BCUT2D eigenvalue weighted by Crippen LogP contribution is -1.94. The molecular formula is C10H8BrClN2S. The summed E-state index contributed by atoms with van der Waals surface area (Å²) in [5, 5.41) is 6.92. The lowest BCUT2D eigenvalue weighted by atomic mass is 10.3. The van der Waals surface area contributed by atoms with Crippen LogP contribution in [0.5, 0.6) is 0 Å². The first kappa shape index (κ1) is 10.8. The van der Waals surface area contributed by atoms with Gasteiger partial charge in [-0.3, -0.25) is 0 Å². The van der Waals surface area contributed by atoms with Gasteiger partial charge in [0.2, 0.25) is 0 Å². The van der Waals surface area contributed by atoms with Crippen LogP contribution in [-0.2, 0) is 0 Å². The smallest absolute Gasteiger partial charge is 0.0938 e. The molecule has 2 rings (SSSR count). The number of hydrogen-bond donors (Lipinski definition) is 2. The first-order chi connectivity index (χ1) is 7.15. The third-order valence-corrected chi connectivity index (χ3v) is 3.68. The molecule has 0 aliphatic rings. The van der Waals surface area contributed by atoms with Gasteiger partial charge in [-0.1, -0.05) is 11.6 Å². The van der Waals surface area contributed by atoms with Gasteiger partial charge in [0.05, 0.1) is 16.4 Å². The van der Waals surface area contributed by atoms with Gasteiger partial charge in [0.15, 0.2) is 0 Å². The summed E-state index contributed by atoms with van der Waals surface area (Å²) in [6.45, 7) is 0. The highest BCUT2D eigenvalue weighted by Crippen LogP contribution is 2.31. The minimum absolute atomic E-state index is 0.644. The molecule has 0 fully saturated rings. The van der Waals surface area contributed by atoms with E-state index >= 15 is 0 Å². The molecule has 1 aromatic carbocycles. The van der Waals surface area contributed by atoms with Crippen LogP contribution in [-0.4, -0.2) is 0 Å². The Labute approximate surface area is 105 Å². The highest BCUT2D eigenvalue weighted by atomic mass is 79.9. The Balaban J connectivity index is 2.24. The number of anilines is 3. The molecule has 3 N–H and O–H groups in total. The zero-order chi connectivity index (χ0) is 10.8. The van der Waals surface area contributed by atoms with Crippen LogP contribution in [0.3, 0.4) is 0 Å². The van der Waals surface area contributed by atoms with Crippen molar-refractivity contribution in [1.29, 1.82) is 0 Å². The quantitative estimate of drug-likeness (QED) is 0.802. The van der Waals surface area contributed by atoms with Crippen molar-refractivity contribution in [3.8, 4) is 0 Å². The third kappa shape index (κ3) is 2.65. The van der Waals surface area contributed by atoms with Gasteiger partial charge in [-0.25, -0.2) is 0 Å². The van der Waals surface area contributed by atoms with Gasteiger partial charge in [-0.2, -0.15) is 0 Å². The van der Waals surface area contributed by atoms with Crippen LogP contribution < -0.4 is 11.1 Å². The molecule has 5 heteroatoms. The maximum atomic E-state index is 5.82. The van der Waals surface area contributed by atoms with Crippen molar-refractivity contribution in [1.82, 2.24) is 0 Å². The largest absolute Gasteiger partial charge is 0.397 e. The molecular weight excluding hydrogens is 296 g/mol. The van der Waals surface area contributed by atoms with Crippen molar-refractivity contribution < 1.29 is 0 Å². The normalized spacial score (nSPS) is 10.3. The second-order valence-electron chi connectivity index (χ2n) is 2.99. The predicted molar refractivity (Wildman–Crippen MR) is 71.2 cm³/mol. The first-order valence-electron chi connectivity index (χ1n) is 4.21. The number of hydrogen-bond acceptors (Lipinski definition) is 3. The fourth-order valence-corrected chi connectivity index (χ4v) is 2.67. The van der Waals surface area contributed by atoms with E-state index in [1.54, 1.807) is 17.4 Å². The second kappa shape index (κ2) is 4.43. The van der Waals surface area contributed by atoms with Gasteiger partial charge in [-0.15, -0.1) is 11.3 Å². The van der Waals surface area contributed by atoms with Crippen molar-refractivity contribution in [2.75, 3.05) is 11.1 Å². The van der Waals surface area contributed by atoms with Gasteiger partial charge in [0, 0.05) is 14.9 Å². The average molecular weight is 304 g/mol. The van der Waals surface area contributed by atoms with Crippen LogP contribution in [0.1, 0.15) is 0 Å². The number of thiophene rings is 1. The molecule has 78 valence electrons. The number of nitrogens with two attached hydrogens (primary N) is 1. The lowest BCUT2D eigenvalue weighted by molar-refractivity contribution is 1.60. The fourth-order valence-electron chi connectivity index (χ4n) is 1.16. The summed E-state index contributed by atoms with van der Waals surface area (Å²) in [6.07, 6.45) is 0. The van der Waals surface area contributed by atoms with E-state index in [0.29, 0.717) is 10.7 Å². The van der Waals surface area contributed by atoms with E-state index in [1.807, 2.05) is 23.6 Å². The molecule has 2 nitrogen and oxygen atoms in total. The molecule has 1 heterocycles. The molecule has 0 saturated heterocycles. The van der Waals surface area contributed by atoms with Gasteiger partial charge < -0.3 is 11.1 Å². The first-order valence-corrected chi connectivity index (χ1v) is 6.26. The fraction of sp³-hybridized carbons (Fsp3) is 0. The zero-order valence-corrected chi connectivity index (χ0v) is 10.8. The lowest BCUT2D eigenvalue weighted by Gasteiger charge is -2.06. The monoisotopic (exact) mass is 302 g/mol. The molecule has 0 radical (unpaired) electrons. The number of rotatable bonds is 2. The second-order valence-corrected chi connectivity index (χ2v) is 5.25. The number of benzene rings is 1. The Kier molecular flexibility index (Phi) is 3.19. The highest BCUT2D eigenvalue weighted by Gasteiger charge is 2.02. The van der Waals surface area contributed by atoms with E-state index in [9.17, 15) is 0 Å². The number of nitrogen functional groups attached to an aromatic ring is 1. The molecule has 2 aromatic rings. The summed E-state index contributed by atoms with van der Waals surface area (Å²) in [5.74, 6) is 0. The van der Waals surface area contributed by atoms with E-state index in [4.69, 9.17) is 17.3 Å². The van der Waals surface area contributed by atoms with Gasteiger partial charge in [-0.05, 0) is 40.2 Å². The topological polar surface area (TPSA) is 38.0 Å². The standard InChI is InChI=1S/C10H8BrClN2S/c11-6-3-10(15-5-6)14-9-2-1-7(12)4-8(9)13/h1-5,14H,13H2. The summed E-state index contributed by atoms with van der Waals surface area (Å²) in [4.78, 5) is 0. The molecule has 1 aromatic heterocycles. The van der Waals surface area contributed by atoms with Crippen LogP contribution in [0.25, 0.3) is 0 Å². The van der Waals surface area contributed by atoms with E-state index < -0.39 is 0 Å². The number of nitrogens with one attached hydrogen (secondary N) is 1. The highest BCUT2D eigenvalue weighted by molar-refractivity contribution is 9.10. The number of halogens is 2. The minimum atomic E-state index is 0.644. The van der Waals surface area contributed by atoms with E-state index in [1.165, 1.54) is 0 Å². The molecule has 0 unspecified atom stereocenters. The SMILES string of the molecule is Nc1cc(Cl)ccc1Nc1cc(Br)cs1. The van der Waals surface area contributed by atoms with Crippen LogP contribution in [0.2, 0.25) is 5.02 Å². The summed E-state index contributed by atoms with van der Waals surface area (Å²) >= 11 is 10.8. The predicted octanol–water partition coefficient (Wildman–Crippen LogP) is 4.49. The van der Waals surface area contributed by atoms with E-state index in [-0.39, 0.29) is 0 Å². The maximum Gasteiger partial charge on any atom is 0.0938 e.